The van der Waals surface area contributed by atoms with E-state index >= 15 is 0 Å². The van der Waals surface area contributed by atoms with Gasteiger partial charge in [0.1, 0.15) is 11.5 Å². The summed E-state index contributed by atoms with van der Waals surface area (Å²) in [5.74, 6) is -0.679. The van der Waals surface area contributed by atoms with Gasteiger partial charge >= 0.3 is 6.18 Å². The first-order valence-corrected chi connectivity index (χ1v) is 11.6. The Kier molecular flexibility index (Phi) is 5.55. The summed E-state index contributed by atoms with van der Waals surface area (Å²) in [6.45, 7) is 1.67. The molecule has 1 aliphatic heterocycles. The Morgan fingerprint density at radius 3 is 2.60 bits per heavy atom. The largest absolute Gasteiger partial charge is 0.410 e. The van der Waals surface area contributed by atoms with Crippen molar-refractivity contribution in [2.45, 2.75) is 31.6 Å². The number of halogens is 3. The van der Waals surface area contributed by atoms with Crippen LogP contribution in [0.4, 0.5) is 24.7 Å². The normalized spacial score (nSPS) is 17.6. The first kappa shape index (κ1) is 23.0. The molecule has 12 heteroatoms. The van der Waals surface area contributed by atoms with Crippen LogP contribution in [0.15, 0.2) is 58.7 Å². The van der Waals surface area contributed by atoms with Crippen LogP contribution < -0.4 is 16.2 Å². The molecule has 4 aromatic rings. The number of fused-ring (bicyclic) bond motifs is 1. The third-order valence-corrected chi connectivity index (χ3v) is 7.09. The molecule has 1 aromatic carbocycles. The molecule has 4 heterocycles. The summed E-state index contributed by atoms with van der Waals surface area (Å²) in [6.07, 6.45) is -4.80. The van der Waals surface area contributed by atoms with Crippen molar-refractivity contribution >= 4 is 28.7 Å². The molecule has 0 saturated carbocycles. The summed E-state index contributed by atoms with van der Waals surface area (Å²) >= 11 is 1.36. The standard InChI is InChI=1S/C23H21F3N6O2S/c1-13-20(22(34)32(30(13)2)14-7-4-3-5-8-14)28-21(33)16-12-19-27-15(17-9-6-10-35-17)11-18(23(24,25)26)31(19)29-16/h3-10,12,15,18,27H,11H2,1-2H3,(H,28,33)/t15-,18-/m1/s1. The summed E-state index contributed by atoms with van der Waals surface area (Å²) in [4.78, 5) is 26.8. The second-order valence-electron chi connectivity index (χ2n) is 8.26. The zero-order valence-electron chi connectivity index (χ0n) is 18.7. The Morgan fingerprint density at radius 2 is 1.94 bits per heavy atom. The average molecular weight is 503 g/mol. The van der Waals surface area contributed by atoms with E-state index in [2.05, 4.69) is 15.7 Å². The summed E-state index contributed by atoms with van der Waals surface area (Å²) in [6, 6.07) is 11.3. The van der Waals surface area contributed by atoms with Gasteiger partial charge in [0.15, 0.2) is 11.7 Å². The van der Waals surface area contributed by atoms with Gasteiger partial charge in [-0.2, -0.15) is 18.3 Å². The molecule has 1 amide bonds. The van der Waals surface area contributed by atoms with E-state index in [4.69, 9.17) is 0 Å². The maximum Gasteiger partial charge on any atom is 0.410 e. The molecular formula is C23H21F3N6O2S. The van der Waals surface area contributed by atoms with Crippen molar-refractivity contribution in [3.8, 4) is 5.69 Å². The van der Waals surface area contributed by atoms with E-state index < -0.39 is 29.7 Å². The molecule has 0 fully saturated rings. The van der Waals surface area contributed by atoms with Crippen LogP contribution >= 0.6 is 11.3 Å². The number of hydrogen-bond donors (Lipinski definition) is 2. The number of carbonyl (C=O) groups excluding carboxylic acids is 1. The van der Waals surface area contributed by atoms with E-state index in [1.807, 2.05) is 6.07 Å². The molecule has 35 heavy (non-hydrogen) atoms. The van der Waals surface area contributed by atoms with Crippen molar-refractivity contribution in [1.82, 2.24) is 19.1 Å². The summed E-state index contributed by atoms with van der Waals surface area (Å²) in [7, 11) is 1.68. The average Bonchev–Trinajstić information content (AvgIpc) is 3.55. The van der Waals surface area contributed by atoms with Crippen molar-refractivity contribution in [3.63, 3.8) is 0 Å². The Balaban J connectivity index is 1.47. The predicted octanol–water partition coefficient (Wildman–Crippen LogP) is 4.66. The highest BCUT2D eigenvalue weighted by molar-refractivity contribution is 7.10. The van der Waals surface area contributed by atoms with Crippen LogP contribution in [-0.4, -0.2) is 31.2 Å². The van der Waals surface area contributed by atoms with E-state index in [1.54, 1.807) is 60.4 Å². The van der Waals surface area contributed by atoms with Crippen LogP contribution in [0.3, 0.4) is 0 Å². The number of rotatable bonds is 4. The van der Waals surface area contributed by atoms with Crippen LogP contribution in [0.2, 0.25) is 0 Å². The van der Waals surface area contributed by atoms with Gasteiger partial charge in [-0.15, -0.1) is 11.3 Å². The van der Waals surface area contributed by atoms with E-state index in [1.165, 1.54) is 22.1 Å². The van der Waals surface area contributed by atoms with Gasteiger partial charge < -0.3 is 10.6 Å². The number of hydrogen-bond acceptors (Lipinski definition) is 5. The topological polar surface area (TPSA) is 85.9 Å². The third kappa shape index (κ3) is 4.03. The van der Waals surface area contributed by atoms with Crippen LogP contribution in [0.25, 0.3) is 5.69 Å². The molecule has 0 unspecified atom stereocenters. The van der Waals surface area contributed by atoms with E-state index in [-0.39, 0.29) is 23.6 Å². The number of benzene rings is 1. The van der Waals surface area contributed by atoms with Crippen LogP contribution in [-0.2, 0) is 7.05 Å². The molecular weight excluding hydrogens is 481 g/mol. The fourth-order valence-corrected chi connectivity index (χ4v) is 5.04. The van der Waals surface area contributed by atoms with Gasteiger partial charge in [0.05, 0.1) is 17.4 Å². The SMILES string of the molecule is Cc1c(NC(=O)c2cc3n(n2)[C@@H](C(F)(F)F)C[C@H](c2cccs2)N3)c(=O)n(-c2ccccc2)n1C. The minimum absolute atomic E-state index is 0.0316. The van der Waals surface area contributed by atoms with E-state index in [9.17, 15) is 22.8 Å². The maximum atomic E-state index is 13.9. The highest BCUT2D eigenvalue weighted by atomic mass is 32.1. The molecule has 0 radical (unpaired) electrons. The van der Waals surface area contributed by atoms with Gasteiger partial charge in [-0.25, -0.2) is 9.36 Å². The second-order valence-corrected chi connectivity index (χ2v) is 9.23. The highest BCUT2D eigenvalue weighted by Crippen LogP contribution is 2.44. The molecule has 0 saturated heterocycles. The van der Waals surface area contributed by atoms with Gasteiger partial charge in [-0.1, -0.05) is 24.3 Å². The number of nitrogens with zero attached hydrogens (tertiary/aromatic N) is 4. The molecule has 2 N–H and O–H groups in total. The molecule has 5 rings (SSSR count). The summed E-state index contributed by atoms with van der Waals surface area (Å²) < 4.78 is 45.4. The van der Waals surface area contributed by atoms with Gasteiger partial charge in [-0.05, 0) is 30.5 Å². The molecule has 182 valence electrons. The van der Waals surface area contributed by atoms with Crippen LogP contribution in [0, 0.1) is 6.92 Å². The molecule has 3 aromatic heterocycles. The van der Waals surface area contributed by atoms with E-state index in [0.29, 0.717) is 11.4 Å². The lowest BCUT2D eigenvalue weighted by molar-refractivity contribution is -0.173. The van der Waals surface area contributed by atoms with Crippen molar-refractivity contribution < 1.29 is 18.0 Å². The lowest BCUT2D eigenvalue weighted by Crippen LogP contribution is -2.35. The quantitative estimate of drug-likeness (QED) is 0.425. The number of amides is 1. The third-order valence-electron chi connectivity index (χ3n) is 6.10. The lowest BCUT2D eigenvalue weighted by atomic mass is 10.0. The molecule has 1 aliphatic rings. The molecule has 0 aliphatic carbocycles. The van der Waals surface area contributed by atoms with E-state index in [0.717, 1.165) is 9.56 Å². The molecule has 0 spiro atoms. The molecule has 2 atom stereocenters. The zero-order valence-corrected chi connectivity index (χ0v) is 19.5. The number of thiophene rings is 1. The second kappa shape index (κ2) is 8.45. The minimum Gasteiger partial charge on any atom is -0.363 e. The fourth-order valence-electron chi connectivity index (χ4n) is 4.25. The molecule has 8 nitrogen and oxygen atoms in total. The minimum atomic E-state index is -4.55. The van der Waals surface area contributed by atoms with Gasteiger partial charge in [0, 0.05) is 24.4 Å². The van der Waals surface area contributed by atoms with Gasteiger partial charge in [-0.3, -0.25) is 14.3 Å². The number of nitrogens with one attached hydrogen (secondary N) is 2. The number of aromatic nitrogens is 4. The predicted molar refractivity (Wildman–Crippen MR) is 126 cm³/mol. The van der Waals surface area contributed by atoms with Crippen LogP contribution in [0.5, 0.6) is 0 Å². The van der Waals surface area contributed by atoms with Crippen LogP contribution in [0.1, 0.15) is 39.6 Å². The lowest BCUT2D eigenvalue weighted by Gasteiger charge is -2.32. The maximum absolute atomic E-state index is 13.9. The number of carbonyl (C=O) groups is 1. The first-order chi connectivity index (χ1) is 16.6. The Bertz CT molecular complexity index is 1440. The number of alkyl halides is 3. The first-order valence-electron chi connectivity index (χ1n) is 10.8. The van der Waals surface area contributed by atoms with Gasteiger partial charge in [0.2, 0.25) is 0 Å². The smallest absolute Gasteiger partial charge is 0.363 e. The summed E-state index contributed by atoms with van der Waals surface area (Å²) in [5, 5.41) is 11.4. The van der Waals surface area contributed by atoms with Gasteiger partial charge in [0.25, 0.3) is 11.5 Å². The fraction of sp³-hybridized carbons (Fsp3) is 0.261. The highest BCUT2D eigenvalue weighted by Gasteiger charge is 2.47. The molecule has 0 bridgehead atoms. The Hall–Kier alpha value is -3.80. The number of para-hydroxylation sites is 1. The van der Waals surface area contributed by atoms with Crippen molar-refractivity contribution in [2.75, 3.05) is 10.6 Å². The Labute approximate surface area is 201 Å². The monoisotopic (exact) mass is 502 g/mol. The van der Waals surface area contributed by atoms with Crippen molar-refractivity contribution in [2.24, 2.45) is 7.05 Å². The zero-order chi connectivity index (χ0) is 24.9. The number of anilines is 2. The Morgan fingerprint density at radius 1 is 1.20 bits per heavy atom. The summed E-state index contributed by atoms with van der Waals surface area (Å²) in [5.41, 5.74) is 0.447. The van der Waals surface area contributed by atoms with Crippen molar-refractivity contribution in [1.29, 1.82) is 0 Å². The van der Waals surface area contributed by atoms with Crippen molar-refractivity contribution in [3.05, 3.63) is 80.5 Å².